The molecular formula is C86H63N3S2. The summed E-state index contributed by atoms with van der Waals surface area (Å²) in [6.45, 7) is 10.9. The molecule has 0 radical (unpaired) electrons. The van der Waals surface area contributed by atoms with Crippen molar-refractivity contribution < 1.29 is 0 Å². The van der Waals surface area contributed by atoms with Gasteiger partial charge in [-0.1, -0.05) is 204 Å². The van der Waals surface area contributed by atoms with E-state index in [0.717, 1.165) is 22.7 Å². The molecule has 434 valence electrons. The van der Waals surface area contributed by atoms with E-state index in [4.69, 9.17) is 0 Å². The summed E-state index contributed by atoms with van der Waals surface area (Å²) in [5.41, 5.74) is 19.2. The molecule has 5 heteroatoms. The maximum Gasteiger partial charge on any atom is 0.0640 e. The third-order valence-electron chi connectivity index (χ3n) is 18.6. The Kier molecular flexibility index (Phi) is 13.0. The molecule has 91 heavy (non-hydrogen) atoms. The van der Waals surface area contributed by atoms with Gasteiger partial charge in [0.25, 0.3) is 0 Å². The average Bonchev–Trinajstić information content (AvgIpc) is 1.54. The van der Waals surface area contributed by atoms with E-state index in [1.54, 1.807) is 0 Å². The van der Waals surface area contributed by atoms with E-state index < -0.39 is 0 Å². The number of benzene rings is 14. The van der Waals surface area contributed by atoms with Gasteiger partial charge in [-0.15, -0.1) is 22.7 Å². The van der Waals surface area contributed by atoms with Crippen molar-refractivity contribution in [2.45, 2.75) is 40.0 Å². The van der Waals surface area contributed by atoms with E-state index >= 15 is 0 Å². The predicted molar refractivity (Wildman–Crippen MR) is 398 cm³/mol. The number of aromatic nitrogens is 1. The van der Waals surface area contributed by atoms with Crippen LogP contribution in [0.3, 0.4) is 0 Å². The second-order valence-corrected chi connectivity index (χ2v) is 27.0. The van der Waals surface area contributed by atoms with Crippen LogP contribution in [0.25, 0.3) is 133 Å². The molecule has 0 bridgehead atoms. The quantitative estimate of drug-likeness (QED) is 0.143. The largest absolute Gasteiger partial charge is 0.309 e. The molecule has 0 aliphatic rings. The molecule has 0 spiro atoms. The van der Waals surface area contributed by atoms with E-state index in [0.29, 0.717) is 0 Å². The Morgan fingerprint density at radius 1 is 0.286 bits per heavy atom. The standard InChI is InChI=1S/C84H57N3S2.C2H6/c1-84(2,3)62-38-32-54(33-39-62)61-48-73-71-46-57-30-28-55(52-34-40-65(41-35-52)85(63-16-6-4-7-17-63)75-24-14-22-69-67-20-10-12-26-79(67)88-82(69)75)44-59(57)50-77(71)87-78-51-60-45-56(29-31-58(60)47-72(78)74(49-61)81(73)87)53-36-42-66(43-37-53)86(64-18-8-5-9-19-64)76-25-15-23-70-68-21-11-13-27-80(68)89-83(70)76;1-2/h4-51H,1-3H3;1-2H3. The van der Waals surface area contributed by atoms with E-state index in [1.807, 2.05) is 36.5 Å². The zero-order valence-corrected chi connectivity index (χ0v) is 53.0. The Balaban J connectivity index is 0.00000315. The van der Waals surface area contributed by atoms with E-state index in [1.165, 1.54) is 150 Å². The Morgan fingerprint density at radius 2 is 0.670 bits per heavy atom. The first-order valence-electron chi connectivity index (χ1n) is 31.7. The molecule has 0 fully saturated rings. The highest BCUT2D eigenvalue weighted by Gasteiger charge is 2.24. The fourth-order valence-electron chi connectivity index (χ4n) is 14.1. The fourth-order valence-corrected chi connectivity index (χ4v) is 16.6. The molecule has 4 aromatic heterocycles. The zero-order chi connectivity index (χ0) is 61.1. The van der Waals surface area contributed by atoms with Crippen LogP contribution in [0.5, 0.6) is 0 Å². The van der Waals surface area contributed by atoms with E-state index in [9.17, 15) is 0 Å². The number of fused-ring (bicyclic) bond motifs is 14. The summed E-state index contributed by atoms with van der Waals surface area (Å²) in [5.74, 6) is 0. The van der Waals surface area contributed by atoms with Crippen LogP contribution in [0.4, 0.5) is 34.1 Å². The Labute approximate surface area is 537 Å². The highest BCUT2D eigenvalue weighted by molar-refractivity contribution is 7.26. The molecule has 3 nitrogen and oxygen atoms in total. The van der Waals surface area contributed by atoms with Crippen molar-refractivity contribution in [3.8, 4) is 33.4 Å². The molecule has 18 rings (SSSR count). The first-order valence-corrected chi connectivity index (χ1v) is 33.3. The lowest BCUT2D eigenvalue weighted by Crippen LogP contribution is -2.10. The number of hydrogen-bond acceptors (Lipinski definition) is 4. The molecule has 0 unspecified atom stereocenters. The lowest BCUT2D eigenvalue weighted by atomic mass is 9.86. The van der Waals surface area contributed by atoms with Gasteiger partial charge in [0.05, 0.1) is 37.3 Å². The summed E-state index contributed by atoms with van der Waals surface area (Å²) in [5, 5.41) is 15.1. The van der Waals surface area contributed by atoms with Crippen molar-refractivity contribution in [3.63, 3.8) is 0 Å². The van der Waals surface area contributed by atoms with Gasteiger partial charge in [0.2, 0.25) is 0 Å². The van der Waals surface area contributed by atoms with Crippen LogP contribution < -0.4 is 9.80 Å². The molecule has 0 aliphatic heterocycles. The maximum absolute atomic E-state index is 2.56. The van der Waals surface area contributed by atoms with Crippen LogP contribution in [0.1, 0.15) is 40.2 Å². The molecule has 14 aromatic carbocycles. The second-order valence-electron chi connectivity index (χ2n) is 24.9. The summed E-state index contributed by atoms with van der Waals surface area (Å²) in [4.78, 5) is 4.82. The normalized spacial score (nSPS) is 12.0. The fraction of sp³-hybridized carbons (Fsp3) is 0.0698. The zero-order valence-electron chi connectivity index (χ0n) is 51.4. The van der Waals surface area contributed by atoms with Crippen molar-refractivity contribution in [1.82, 2.24) is 4.40 Å². The minimum absolute atomic E-state index is 0.0662. The Morgan fingerprint density at radius 3 is 1.12 bits per heavy atom. The highest BCUT2D eigenvalue weighted by Crippen LogP contribution is 2.49. The SMILES string of the molecule is CC.CC(C)(C)c1ccc(-c2cc3c4cc5ccc(-c6ccc(N(c7ccccc7)c7cccc8c7sc7ccccc78)cc6)cc5cc4n4c5cc6cc(-c7ccc(N(c8ccccc8)c8cccc9c8sc8ccccc89)cc7)ccc6cc5c(c2)c34)cc1. The molecule has 0 aliphatic carbocycles. The van der Waals surface area contributed by atoms with Crippen LogP contribution in [-0.4, -0.2) is 4.40 Å². The minimum Gasteiger partial charge on any atom is -0.309 e. The summed E-state index contributed by atoms with van der Waals surface area (Å²) >= 11 is 3.73. The van der Waals surface area contributed by atoms with Gasteiger partial charge in [-0.3, -0.25) is 0 Å². The van der Waals surface area contributed by atoms with Crippen LogP contribution in [0.15, 0.2) is 291 Å². The molecule has 0 atom stereocenters. The van der Waals surface area contributed by atoms with Crippen molar-refractivity contribution in [3.05, 3.63) is 297 Å². The summed E-state index contributed by atoms with van der Waals surface area (Å²) in [6, 6.07) is 109. The maximum atomic E-state index is 2.56. The third kappa shape index (κ3) is 9.05. The predicted octanol–water partition coefficient (Wildman–Crippen LogP) is 26.1. The third-order valence-corrected chi connectivity index (χ3v) is 21.0. The van der Waals surface area contributed by atoms with Crippen molar-refractivity contribution in [1.29, 1.82) is 0 Å². The van der Waals surface area contributed by atoms with E-state index in [2.05, 4.69) is 326 Å². The van der Waals surface area contributed by atoms with Gasteiger partial charge in [0.1, 0.15) is 0 Å². The minimum atomic E-state index is 0.0662. The number of rotatable bonds is 9. The summed E-state index contributed by atoms with van der Waals surface area (Å²) in [6.07, 6.45) is 0. The number of thiophene rings is 2. The van der Waals surface area contributed by atoms with Crippen molar-refractivity contribution in [2.24, 2.45) is 0 Å². The van der Waals surface area contributed by atoms with Gasteiger partial charge in [-0.2, -0.15) is 0 Å². The number of hydrogen-bond donors (Lipinski definition) is 0. The average molecular weight is 1200 g/mol. The van der Waals surface area contributed by atoms with Crippen LogP contribution in [-0.2, 0) is 5.41 Å². The van der Waals surface area contributed by atoms with Crippen LogP contribution in [0, 0.1) is 0 Å². The lowest BCUT2D eigenvalue weighted by molar-refractivity contribution is 0.590. The first kappa shape index (κ1) is 54.6. The molecule has 4 heterocycles. The van der Waals surface area contributed by atoms with Gasteiger partial charge in [-0.25, -0.2) is 0 Å². The number of anilines is 6. The Bertz CT molecular complexity index is 5480. The monoisotopic (exact) mass is 1200 g/mol. The molecular weight excluding hydrogens is 1140 g/mol. The Hall–Kier alpha value is -10.6. The van der Waals surface area contributed by atoms with Crippen LogP contribution >= 0.6 is 22.7 Å². The van der Waals surface area contributed by atoms with Gasteiger partial charge >= 0.3 is 0 Å². The molecule has 0 saturated heterocycles. The molecule has 0 saturated carbocycles. The van der Waals surface area contributed by atoms with E-state index in [-0.39, 0.29) is 5.41 Å². The summed E-state index contributed by atoms with van der Waals surface area (Å²) < 4.78 is 7.74. The first-order chi connectivity index (χ1) is 44.7. The van der Waals surface area contributed by atoms with Gasteiger partial charge in [-0.05, 0) is 187 Å². The molecule has 18 aromatic rings. The topological polar surface area (TPSA) is 10.9 Å². The molecule has 0 amide bonds. The second kappa shape index (κ2) is 21.6. The van der Waals surface area contributed by atoms with Gasteiger partial charge in [0, 0.05) is 75.2 Å². The lowest BCUT2D eigenvalue weighted by Gasteiger charge is -2.26. The molecule has 0 N–H and O–H groups in total. The van der Waals surface area contributed by atoms with Crippen molar-refractivity contribution in [2.75, 3.05) is 9.80 Å². The van der Waals surface area contributed by atoms with Gasteiger partial charge in [0.15, 0.2) is 0 Å². The highest BCUT2D eigenvalue weighted by atomic mass is 32.1. The van der Waals surface area contributed by atoms with Crippen molar-refractivity contribution >= 4 is 157 Å². The van der Waals surface area contributed by atoms with Gasteiger partial charge < -0.3 is 14.2 Å². The smallest absolute Gasteiger partial charge is 0.0640 e. The van der Waals surface area contributed by atoms with Crippen LogP contribution in [0.2, 0.25) is 0 Å². The number of nitrogens with zero attached hydrogens (tertiary/aromatic N) is 3. The summed E-state index contributed by atoms with van der Waals surface area (Å²) in [7, 11) is 0. The number of para-hydroxylation sites is 2.